The Morgan fingerprint density at radius 2 is 2.00 bits per heavy atom. The number of carbonyl (C=O) groups is 1. The highest BCUT2D eigenvalue weighted by Crippen LogP contribution is 2.33. The first-order valence-electron chi connectivity index (χ1n) is 5.99. The number of nitrogens with zero attached hydrogens (tertiary/aromatic N) is 1. The Balaban J connectivity index is 2.80. The Hall–Kier alpha value is -1.24. The maximum atomic E-state index is 12.6. The maximum absolute atomic E-state index is 12.6. The predicted molar refractivity (Wildman–Crippen MR) is 75.5 cm³/mol. The molecule has 0 saturated heterocycles. The number of nitrogens with one attached hydrogen (secondary N) is 1. The molecule has 0 bridgehead atoms. The zero-order valence-corrected chi connectivity index (χ0v) is 13.0. The van der Waals surface area contributed by atoms with E-state index in [1.165, 1.54) is 11.0 Å². The van der Waals surface area contributed by atoms with Gasteiger partial charge in [-0.05, 0) is 48.0 Å². The molecule has 0 unspecified atom stereocenters. The van der Waals surface area contributed by atoms with Crippen molar-refractivity contribution in [3.05, 3.63) is 28.2 Å². The van der Waals surface area contributed by atoms with Gasteiger partial charge in [0.1, 0.15) is 0 Å². The van der Waals surface area contributed by atoms with Crippen LogP contribution >= 0.6 is 15.9 Å². The lowest BCUT2D eigenvalue weighted by atomic mass is 10.2. The number of benzene rings is 1. The summed E-state index contributed by atoms with van der Waals surface area (Å²) >= 11 is 3.16. The summed E-state index contributed by atoms with van der Waals surface area (Å²) in [6, 6.07) is 3.31. The Bertz CT molecular complexity index is 489. The molecule has 0 aliphatic heterocycles. The van der Waals surface area contributed by atoms with Gasteiger partial charge < -0.3 is 10.2 Å². The fourth-order valence-electron chi connectivity index (χ4n) is 1.42. The third-order valence-corrected chi connectivity index (χ3v) is 3.58. The fourth-order valence-corrected chi connectivity index (χ4v) is 1.81. The van der Waals surface area contributed by atoms with Gasteiger partial charge in [-0.15, -0.1) is 0 Å². The van der Waals surface area contributed by atoms with Gasteiger partial charge in [-0.1, -0.05) is 0 Å². The van der Waals surface area contributed by atoms with Crippen molar-refractivity contribution in [2.75, 3.05) is 18.9 Å². The number of hydrogen-bond donors (Lipinski definition) is 1. The summed E-state index contributed by atoms with van der Waals surface area (Å²) in [5.41, 5.74) is -0.516. The van der Waals surface area contributed by atoms with Crippen LogP contribution in [0.15, 0.2) is 22.7 Å². The second-order valence-corrected chi connectivity index (χ2v) is 5.50. The molecule has 1 N–H and O–H groups in total. The number of carbonyl (C=O) groups excluding carboxylic acids is 1. The van der Waals surface area contributed by atoms with Crippen molar-refractivity contribution in [1.29, 1.82) is 0 Å². The van der Waals surface area contributed by atoms with Crippen LogP contribution in [0.1, 0.15) is 19.4 Å². The smallest absolute Gasteiger partial charge is 0.375 e. The Kier molecular flexibility index (Phi) is 5.44. The molecule has 1 aromatic rings. The molecule has 0 heterocycles. The van der Waals surface area contributed by atoms with Gasteiger partial charge in [-0.2, -0.15) is 13.2 Å². The minimum absolute atomic E-state index is 0.0363. The molecule has 1 amide bonds. The molecule has 0 aliphatic rings. The summed E-state index contributed by atoms with van der Waals surface area (Å²) in [6.45, 7) is 3.66. The number of anilines is 1. The Morgan fingerprint density at radius 1 is 1.40 bits per heavy atom. The Morgan fingerprint density at radius 3 is 2.50 bits per heavy atom. The minimum atomic E-state index is -4.41. The van der Waals surface area contributed by atoms with E-state index < -0.39 is 11.7 Å². The molecule has 7 heteroatoms. The first-order valence-corrected chi connectivity index (χ1v) is 6.78. The van der Waals surface area contributed by atoms with Crippen molar-refractivity contribution in [2.24, 2.45) is 0 Å². The average molecular weight is 353 g/mol. The largest absolute Gasteiger partial charge is 0.416 e. The molecule has 1 rings (SSSR count). The van der Waals surface area contributed by atoms with Gasteiger partial charge in [0.15, 0.2) is 0 Å². The normalized spacial score (nSPS) is 11.6. The van der Waals surface area contributed by atoms with E-state index in [9.17, 15) is 18.0 Å². The highest BCUT2D eigenvalue weighted by molar-refractivity contribution is 9.10. The van der Waals surface area contributed by atoms with E-state index in [0.717, 1.165) is 12.1 Å². The summed E-state index contributed by atoms with van der Waals surface area (Å²) in [4.78, 5) is 13.3. The van der Waals surface area contributed by atoms with E-state index in [1.54, 1.807) is 7.05 Å². The Labute approximate surface area is 124 Å². The number of likely N-dealkylation sites (N-methyl/N-ethyl adjacent to an activating group) is 1. The fraction of sp³-hybridized carbons (Fsp3) is 0.462. The zero-order chi connectivity index (χ0) is 15.5. The molecule has 0 saturated carbocycles. The summed E-state index contributed by atoms with van der Waals surface area (Å²) < 4.78 is 38.3. The van der Waals surface area contributed by atoms with Crippen LogP contribution in [0.3, 0.4) is 0 Å². The molecule has 20 heavy (non-hydrogen) atoms. The molecular weight excluding hydrogens is 337 g/mol. The SMILES string of the molecule is CC(C)N(C)C(=O)CNc1cc(C(F)(F)F)ccc1Br. The number of amides is 1. The van der Waals surface area contributed by atoms with Crippen molar-refractivity contribution >= 4 is 27.5 Å². The standard InChI is InChI=1S/C13H16BrF3N2O/c1-8(2)19(3)12(20)7-18-11-6-9(13(15,16)17)4-5-10(11)14/h4-6,8,18H,7H2,1-3H3. The monoisotopic (exact) mass is 352 g/mol. The average Bonchev–Trinajstić information content (AvgIpc) is 2.34. The van der Waals surface area contributed by atoms with Crippen LogP contribution in [-0.2, 0) is 11.0 Å². The summed E-state index contributed by atoms with van der Waals surface area (Å²) in [5, 5.41) is 2.72. The van der Waals surface area contributed by atoms with E-state index in [4.69, 9.17) is 0 Å². The molecule has 0 aliphatic carbocycles. The van der Waals surface area contributed by atoms with Gasteiger partial charge in [0.25, 0.3) is 0 Å². The second-order valence-electron chi connectivity index (χ2n) is 4.64. The van der Waals surface area contributed by atoms with E-state index in [-0.39, 0.29) is 24.2 Å². The van der Waals surface area contributed by atoms with Crippen LogP contribution in [0.2, 0.25) is 0 Å². The van der Waals surface area contributed by atoms with Gasteiger partial charge >= 0.3 is 6.18 Å². The highest BCUT2D eigenvalue weighted by Gasteiger charge is 2.30. The molecular formula is C13H16BrF3N2O. The van der Waals surface area contributed by atoms with Crippen molar-refractivity contribution in [2.45, 2.75) is 26.1 Å². The lowest BCUT2D eigenvalue weighted by Gasteiger charge is -2.22. The van der Waals surface area contributed by atoms with Gasteiger partial charge in [0.2, 0.25) is 5.91 Å². The topological polar surface area (TPSA) is 32.3 Å². The van der Waals surface area contributed by atoms with Gasteiger partial charge in [0, 0.05) is 23.2 Å². The second kappa shape index (κ2) is 6.47. The first kappa shape index (κ1) is 16.8. The van der Waals surface area contributed by atoms with Gasteiger partial charge in [-0.25, -0.2) is 0 Å². The molecule has 0 atom stereocenters. The van der Waals surface area contributed by atoms with E-state index >= 15 is 0 Å². The molecule has 0 spiro atoms. The number of hydrogen-bond acceptors (Lipinski definition) is 2. The van der Waals surface area contributed by atoms with Crippen molar-refractivity contribution in [3.63, 3.8) is 0 Å². The molecule has 3 nitrogen and oxygen atoms in total. The molecule has 0 fully saturated rings. The molecule has 0 radical (unpaired) electrons. The van der Waals surface area contributed by atoms with Crippen molar-refractivity contribution in [1.82, 2.24) is 4.90 Å². The highest BCUT2D eigenvalue weighted by atomic mass is 79.9. The van der Waals surface area contributed by atoms with Crippen LogP contribution in [0.4, 0.5) is 18.9 Å². The van der Waals surface area contributed by atoms with Gasteiger partial charge in [0.05, 0.1) is 12.1 Å². The third-order valence-electron chi connectivity index (χ3n) is 2.89. The van der Waals surface area contributed by atoms with Crippen LogP contribution in [0, 0.1) is 0 Å². The molecule has 1 aromatic carbocycles. The lowest BCUT2D eigenvalue weighted by molar-refractivity contribution is -0.137. The van der Waals surface area contributed by atoms with Crippen LogP contribution in [0.5, 0.6) is 0 Å². The minimum Gasteiger partial charge on any atom is -0.375 e. The van der Waals surface area contributed by atoms with Crippen molar-refractivity contribution < 1.29 is 18.0 Å². The van der Waals surface area contributed by atoms with Crippen molar-refractivity contribution in [3.8, 4) is 0 Å². The van der Waals surface area contributed by atoms with Crippen LogP contribution in [0.25, 0.3) is 0 Å². The number of halogens is 4. The zero-order valence-electron chi connectivity index (χ0n) is 11.4. The number of alkyl halides is 3. The van der Waals surface area contributed by atoms with Crippen LogP contribution in [-0.4, -0.2) is 30.4 Å². The predicted octanol–water partition coefficient (Wildman–Crippen LogP) is 3.75. The lowest BCUT2D eigenvalue weighted by Crippen LogP contribution is -2.37. The third kappa shape index (κ3) is 4.40. The first-order chi connectivity index (χ1) is 9.12. The molecule has 0 aromatic heterocycles. The summed E-state index contributed by atoms with van der Waals surface area (Å²) in [6.07, 6.45) is -4.41. The van der Waals surface area contributed by atoms with Gasteiger partial charge in [-0.3, -0.25) is 4.79 Å². The van der Waals surface area contributed by atoms with Crippen LogP contribution < -0.4 is 5.32 Å². The summed E-state index contributed by atoms with van der Waals surface area (Å²) in [7, 11) is 1.65. The number of rotatable bonds is 4. The quantitative estimate of drug-likeness (QED) is 0.894. The maximum Gasteiger partial charge on any atom is 0.416 e. The van der Waals surface area contributed by atoms with E-state index in [2.05, 4.69) is 21.2 Å². The molecule has 112 valence electrons. The van der Waals surface area contributed by atoms with E-state index in [1.807, 2.05) is 13.8 Å². The van der Waals surface area contributed by atoms with E-state index in [0.29, 0.717) is 4.47 Å². The summed E-state index contributed by atoms with van der Waals surface area (Å²) in [5.74, 6) is -0.190.